The molecule has 1 unspecified atom stereocenters. The zero-order valence-corrected chi connectivity index (χ0v) is 11.3. The molecule has 1 atom stereocenters. The summed E-state index contributed by atoms with van der Waals surface area (Å²) in [5.74, 6) is 0.668. The molecule has 1 aliphatic carbocycles. The van der Waals surface area contributed by atoms with Crippen molar-refractivity contribution >= 4 is 11.9 Å². The van der Waals surface area contributed by atoms with Crippen LogP contribution in [0.25, 0.3) is 6.08 Å². The van der Waals surface area contributed by atoms with E-state index in [1.54, 1.807) is 0 Å². The molecular formula is C17H20O. The first kappa shape index (κ1) is 12.8. The minimum atomic E-state index is 0.0499. The van der Waals surface area contributed by atoms with E-state index < -0.39 is 0 Å². The second-order valence-electron chi connectivity index (χ2n) is 5.42. The third-order valence-electron chi connectivity index (χ3n) is 3.40. The van der Waals surface area contributed by atoms with E-state index in [0.717, 1.165) is 6.42 Å². The van der Waals surface area contributed by atoms with Crippen molar-refractivity contribution in [2.24, 2.45) is 11.8 Å². The van der Waals surface area contributed by atoms with Crippen LogP contribution in [0, 0.1) is 11.8 Å². The normalized spacial score (nSPS) is 22.4. The van der Waals surface area contributed by atoms with E-state index in [9.17, 15) is 4.79 Å². The molecule has 0 aliphatic heterocycles. The van der Waals surface area contributed by atoms with Crippen molar-refractivity contribution in [3.8, 4) is 0 Å². The summed E-state index contributed by atoms with van der Waals surface area (Å²) in [5.41, 5.74) is 3.60. The Bertz CT molecular complexity index is 492. The standard InChI is InChI=1S/C17H20O/c1-12(2)17-15(9-13(3)10-16(17)18)11-14-7-5-4-6-8-14/h4-8,10-12,17H,9H2,1-3H3. The van der Waals surface area contributed by atoms with Crippen LogP contribution in [0.4, 0.5) is 0 Å². The molecule has 0 aromatic heterocycles. The molecule has 2 rings (SSSR count). The summed E-state index contributed by atoms with van der Waals surface area (Å²) in [6.07, 6.45) is 4.91. The lowest BCUT2D eigenvalue weighted by atomic mass is 9.77. The average Bonchev–Trinajstić information content (AvgIpc) is 2.28. The lowest BCUT2D eigenvalue weighted by molar-refractivity contribution is -0.118. The molecule has 1 aromatic rings. The molecule has 0 spiro atoms. The van der Waals surface area contributed by atoms with E-state index in [4.69, 9.17) is 0 Å². The zero-order chi connectivity index (χ0) is 13.1. The van der Waals surface area contributed by atoms with Gasteiger partial charge in [0.1, 0.15) is 0 Å². The van der Waals surface area contributed by atoms with Crippen LogP contribution in [0.3, 0.4) is 0 Å². The predicted octanol–water partition coefficient (Wildman–Crippen LogP) is 4.26. The highest BCUT2D eigenvalue weighted by atomic mass is 16.1. The molecule has 1 aliphatic rings. The fourth-order valence-corrected chi connectivity index (χ4v) is 2.66. The minimum Gasteiger partial charge on any atom is -0.294 e. The number of carbonyl (C=O) groups is 1. The van der Waals surface area contributed by atoms with E-state index in [0.29, 0.717) is 5.92 Å². The van der Waals surface area contributed by atoms with Gasteiger partial charge >= 0.3 is 0 Å². The summed E-state index contributed by atoms with van der Waals surface area (Å²) < 4.78 is 0. The molecule has 1 aromatic carbocycles. The number of ketones is 1. The van der Waals surface area contributed by atoms with E-state index in [2.05, 4.69) is 32.1 Å². The van der Waals surface area contributed by atoms with Crippen molar-refractivity contribution in [3.63, 3.8) is 0 Å². The Morgan fingerprint density at radius 2 is 1.89 bits per heavy atom. The highest BCUT2D eigenvalue weighted by Crippen LogP contribution is 2.33. The molecule has 0 fully saturated rings. The van der Waals surface area contributed by atoms with Gasteiger partial charge < -0.3 is 0 Å². The Kier molecular flexibility index (Phi) is 3.81. The van der Waals surface area contributed by atoms with E-state index in [1.165, 1.54) is 16.7 Å². The number of hydrogen-bond donors (Lipinski definition) is 0. The molecule has 0 saturated carbocycles. The minimum absolute atomic E-state index is 0.0499. The molecule has 0 N–H and O–H groups in total. The summed E-state index contributed by atoms with van der Waals surface area (Å²) in [6, 6.07) is 10.2. The van der Waals surface area contributed by atoms with Crippen LogP contribution >= 0.6 is 0 Å². The Morgan fingerprint density at radius 3 is 2.50 bits per heavy atom. The van der Waals surface area contributed by atoms with Gasteiger partial charge in [0, 0.05) is 5.92 Å². The van der Waals surface area contributed by atoms with Gasteiger partial charge in [0.2, 0.25) is 0 Å². The summed E-state index contributed by atoms with van der Waals surface area (Å²) in [6.45, 7) is 6.28. The molecule has 0 amide bonds. The van der Waals surface area contributed by atoms with Gasteiger partial charge in [0.05, 0.1) is 0 Å². The Labute approximate surface area is 109 Å². The fourth-order valence-electron chi connectivity index (χ4n) is 2.66. The number of allylic oxidation sites excluding steroid dienone is 3. The van der Waals surface area contributed by atoms with Gasteiger partial charge in [-0.3, -0.25) is 4.79 Å². The van der Waals surface area contributed by atoms with Gasteiger partial charge in [-0.25, -0.2) is 0 Å². The van der Waals surface area contributed by atoms with Gasteiger partial charge in [0.25, 0.3) is 0 Å². The maximum atomic E-state index is 12.1. The molecule has 0 heterocycles. The Morgan fingerprint density at radius 1 is 1.22 bits per heavy atom. The second kappa shape index (κ2) is 5.34. The zero-order valence-electron chi connectivity index (χ0n) is 11.3. The van der Waals surface area contributed by atoms with Crippen LogP contribution in [0.1, 0.15) is 32.8 Å². The first-order chi connectivity index (χ1) is 8.58. The van der Waals surface area contributed by atoms with Gasteiger partial charge in [-0.1, -0.05) is 61.4 Å². The summed E-state index contributed by atoms with van der Waals surface area (Å²) in [4.78, 5) is 12.1. The summed E-state index contributed by atoms with van der Waals surface area (Å²) in [5, 5.41) is 0. The van der Waals surface area contributed by atoms with Gasteiger partial charge in [0.15, 0.2) is 5.78 Å². The maximum Gasteiger partial charge on any atom is 0.163 e. The first-order valence-electron chi connectivity index (χ1n) is 6.54. The van der Waals surface area contributed by atoms with Crippen LogP contribution in [0.15, 0.2) is 47.6 Å². The van der Waals surface area contributed by atoms with Crippen molar-refractivity contribution in [1.29, 1.82) is 0 Å². The molecule has 94 valence electrons. The quantitative estimate of drug-likeness (QED) is 0.754. The predicted molar refractivity (Wildman–Crippen MR) is 76.1 cm³/mol. The fraction of sp³-hybridized carbons (Fsp3) is 0.353. The second-order valence-corrected chi connectivity index (χ2v) is 5.42. The van der Waals surface area contributed by atoms with Crippen molar-refractivity contribution in [2.75, 3.05) is 0 Å². The number of rotatable bonds is 2. The topological polar surface area (TPSA) is 17.1 Å². The third-order valence-corrected chi connectivity index (χ3v) is 3.40. The Hall–Kier alpha value is -1.63. The molecule has 1 heteroatoms. The number of carbonyl (C=O) groups excluding carboxylic acids is 1. The first-order valence-corrected chi connectivity index (χ1v) is 6.54. The van der Waals surface area contributed by atoms with E-state index in [1.807, 2.05) is 31.2 Å². The highest BCUT2D eigenvalue weighted by molar-refractivity contribution is 5.97. The van der Waals surface area contributed by atoms with Gasteiger partial charge in [-0.05, 0) is 30.9 Å². The average molecular weight is 240 g/mol. The van der Waals surface area contributed by atoms with Crippen molar-refractivity contribution in [3.05, 3.63) is 53.1 Å². The van der Waals surface area contributed by atoms with Crippen molar-refractivity contribution in [1.82, 2.24) is 0 Å². The lowest BCUT2D eigenvalue weighted by Crippen LogP contribution is -2.24. The number of benzene rings is 1. The van der Waals surface area contributed by atoms with E-state index >= 15 is 0 Å². The maximum absolute atomic E-state index is 12.1. The highest BCUT2D eigenvalue weighted by Gasteiger charge is 2.28. The summed E-state index contributed by atoms with van der Waals surface area (Å²) in [7, 11) is 0. The van der Waals surface area contributed by atoms with Crippen LogP contribution in [0.5, 0.6) is 0 Å². The van der Waals surface area contributed by atoms with E-state index in [-0.39, 0.29) is 11.7 Å². The molecule has 18 heavy (non-hydrogen) atoms. The Balaban J connectivity index is 2.38. The van der Waals surface area contributed by atoms with Gasteiger partial charge in [-0.2, -0.15) is 0 Å². The SMILES string of the molecule is CC1=CC(=O)C(C(C)C)C(=Cc2ccccc2)C1. The lowest BCUT2D eigenvalue weighted by Gasteiger charge is -2.26. The van der Waals surface area contributed by atoms with Crippen LogP contribution in [-0.4, -0.2) is 5.78 Å². The number of hydrogen-bond acceptors (Lipinski definition) is 1. The van der Waals surface area contributed by atoms with Crippen LogP contribution in [-0.2, 0) is 4.79 Å². The van der Waals surface area contributed by atoms with Gasteiger partial charge in [-0.15, -0.1) is 0 Å². The molecule has 0 radical (unpaired) electrons. The molecule has 0 bridgehead atoms. The summed E-state index contributed by atoms with van der Waals surface area (Å²) >= 11 is 0. The van der Waals surface area contributed by atoms with Crippen LogP contribution < -0.4 is 0 Å². The smallest absolute Gasteiger partial charge is 0.163 e. The monoisotopic (exact) mass is 240 g/mol. The third kappa shape index (κ3) is 2.79. The van der Waals surface area contributed by atoms with Crippen molar-refractivity contribution < 1.29 is 4.79 Å². The molecule has 1 nitrogen and oxygen atoms in total. The largest absolute Gasteiger partial charge is 0.294 e. The molecular weight excluding hydrogens is 220 g/mol. The van der Waals surface area contributed by atoms with Crippen LogP contribution in [0.2, 0.25) is 0 Å². The van der Waals surface area contributed by atoms with Crippen molar-refractivity contribution in [2.45, 2.75) is 27.2 Å². The molecule has 0 saturated heterocycles.